The molecule has 0 spiro atoms. The molecule has 0 aliphatic rings. The number of fused-ring (bicyclic) bond motifs is 1. The number of hydrogen-bond acceptors (Lipinski definition) is 4. The van der Waals surface area contributed by atoms with E-state index in [-0.39, 0.29) is 7.41 Å². The van der Waals surface area contributed by atoms with Crippen LogP contribution in [0, 0.1) is 11.2 Å². The molecule has 96 valence electrons. The highest BCUT2D eigenvalue weighted by Crippen LogP contribution is 2.14. The molecule has 3 rings (SSSR count). The van der Waals surface area contributed by atoms with E-state index < -0.39 is 0 Å². The highest BCUT2D eigenvalue weighted by Gasteiger charge is 2.16. The lowest BCUT2D eigenvalue weighted by atomic mass is 9.98. The highest BCUT2D eigenvalue weighted by atomic mass is 15.1. The van der Waals surface area contributed by atoms with Crippen LogP contribution < -0.4 is 10.2 Å². The SMILES string of the molecule is N#CB[n+]1cnc2c(ncn2Cc2ccccc2)c1N. The Labute approximate surface area is 116 Å². The molecule has 2 N–H and O–H groups in total. The van der Waals surface area contributed by atoms with Crippen molar-refractivity contribution in [3.63, 3.8) is 0 Å². The minimum absolute atomic E-state index is 0.167. The van der Waals surface area contributed by atoms with E-state index in [0.29, 0.717) is 17.9 Å². The first-order chi connectivity index (χ1) is 9.79. The molecule has 2 aromatic heterocycles. The van der Waals surface area contributed by atoms with Crippen LogP contribution in [0.3, 0.4) is 0 Å². The molecule has 2 heterocycles. The van der Waals surface area contributed by atoms with Gasteiger partial charge in [0.05, 0.1) is 18.8 Å². The first-order valence-corrected chi connectivity index (χ1v) is 6.19. The van der Waals surface area contributed by atoms with Gasteiger partial charge in [-0.15, -0.1) is 0 Å². The zero-order chi connectivity index (χ0) is 13.9. The Morgan fingerprint density at radius 1 is 1.30 bits per heavy atom. The van der Waals surface area contributed by atoms with Crippen molar-refractivity contribution < 1.29 is 4.48 Å². The summed E-state index contributed by atoms with van der Waals surface area (Å²) in [7, 11) is 0.167. The van der Waals surface area contributed by atoms with Gasteiger partial charge >= 0.3 is 7.41 Å². The average molecular weight is 263 g/mol. The van der Waals surface area contributed by atoms with Crippen molar-refractivity contribution in [2.24, 2.45) is 0 Å². The molecule has 0 saturated carbocycles. The fourth-order valence-corrected chi connectivity index (χ4v) is 2.11. The predicted molar refractivity (Wildman–Crippen MR) is 75.8 cm³/mol. The van der Waals surface area contributed by atoms with Gasteiger partial charge in [0, 0.05) is 0 Å². The molecule has 0 amide bonds. The first-order valence-electron chi connectivity index (χ1n) is 6.19. The Bertz CT molecular complexity index is 790. The van der Waals surface area contributed by atoms with E-state index in [1.54, 1.807) is 17.1 Å². The zero-order valence-corrected chi connectivity index (χ0v) is 10.8. The number of anilines is 1. The third kappa shape index (κ3) is 2.08. The molecule has 0 saturated heterocycles. The topological polar surface area (TPSA) is 84.4 Å². The largest absolute Gasteiger partial charge is 0.441 e. The fraction of sp³-hybridized carbons (Fsp3) is 0.0769. The van der Waals surface area contributed by atoms with E-state index in [1.165, 1.54) is 5.56 Å². The summed E-state index contributed by atoms with van der Waals surface area (Å²) in [5.41, 5.74) is 8.52. The minimum Gasteiger partial charge on any atom is -0.318 e. The number of aromatic nitrogens is 4. The van der Waals surface area contributed by atoms with E-state index in [2.05, 4.69) is 9.97 Å². The van der Waals surface area contributed by atoms with E-state index in [0.717, 1.165) is 5.65 Å². The molecule has 1 aromatic carbocycles. The van der Waals surface area contributed by atoms with Gasteiger partial charge in [0.15, 0.2) is 5.52 Å². The summed E-state index contributed by atoms with van der Waals surface area (Å²) in [6, 6.07) is 10.1. The van der Waals surface area contributed by atoms with Crippen LogP contribution in [-0.4, -0.2) is 21.9 Å². The first kappa shape index (κ1) is 12.2. The Morgan fingerprint density at radius 3 is 2.85 bits per heavy atom. The van der Waals surface area contributed by atoms with Gasteiger partial charge in [-0.3, -0.25) is 9.05 Å². The van der Waals surface area contributed by atoms with Gasteiger partial charge < -0.3 is 5.73 Å². The number of rotatable bonds is 3. The monoisotopic (exact) mass is 263 g/mol. The van der Waals surface area contributed by atoms with E-state index in [9.17, 15) is 0 Å². The number of nitriles is 1. The maximum atomic E-state index is 8.74. The molecule has 3 aromatic rings. The quantitative estimate of drug-likeness (QED) is 0.675. The third-order valence-corrected chi connectivity index (χ3v) is 3.12. The molecule has 0 aliphatic carbocycles. The lowest BCUT2D eigenvalue weighted by Crippen LogP contribution is -2.42. The van der Waals surface area contributed by atoms with Gasteiger partial charge in [-0.2, -0.15) is 0 Å². The van der Waals surface area contributed by atoms with Crippen LogP contribution in [0.4, 0.5) is 5.82 Å². The second-order valence-corrected chi connectivity index (χ2v) is 4.45. The van der Waals surface area contributed by atoms with Gasteiger partial charge in [-0.25, -0.2) is 10.2 Å². The Hall–Kier alpha value is -2.88. The Balaban J connectivity index is 2.02. The molecule has 0 radical (unpaired) electrons. The molecular formula is C13H12BN6+. The lowest BCUT2D eigenvalue weighted by molar-refractivity contribution is -0.513. The smallest absolute Gasteiger partial charge is 0.318 e. The third-order valence-electron chi connectivity index (χ3n) is 3.12. The second kappa shape index (κ2) is 5.01. The van der Waals surface area contributed by atoms with Crippen LogP contribution in [0.25, 0.3) is 11.2 Å². The molecule has 0 atom stereocenters. The summed E-state index contributed by atoms with van der Waals surface area (Å²) in [5, 5.41) is 8.74. The van der Waals surface area contributed by atoms with Gasteiger partial charge in [-0.1, -0.05) is 35.3 Å². The highest BCUT2D eigenvalue weighted by molar-refractivity contribution is 6.35. The molecule has 0 unspecified atom stereocenters. The van der Waals surface area contributed by atoms with Gasteiger partial charge in [-0.05, 0) is 5.56 Å². The fourth-order valence-electron chi connectivity index (χ4n) is 2.11. The summed E-state index contributed by atoms with van der Waals surface area (Å²) in [4.78, 5) is 8.65. The maximum Gasteiger partial charge on any atom is 0.441 e. The zero-order valence-electron chi connectivity index (χ0n) is 10.8. The van der Waals surface area contributed by atoms with Crippen molar-refractivity contribution in [1.29, 1.82) is 5.26 Å². The van der Waals surface area contributed by atoms with Crippen molar-refractivity contribution in [2.45, 2.75) is 6.54 Å². The predicted octanol–water partition coefficient (Wildman–Crippen LogP) is 0.0300. The van der Waals surface area contributed by atoms with E-state index in [1.807, 2.05) is 40.9 Å². The Morgan fingerprint density at radius 2 is 2.10 bits per heavy atom. The maximum absolute atomic E-state index is 8.74. The molecular weight excluding hydrogens is 251 g/mol. The summed E-state index contributed by atoms with van der Waals surface area (Å²) in [6.45, 7) is 0.687. The van der Waals surface area contributed by atoms with Crippen LogP contribution >= 0.6 is 0 Å². The number of nitrogens with two attached hydrogens (primary N) is 1. The van der Waals surface area contributed by atoms with E-state index in [4.69, 9.17) is 11.0 Å². The number of benzene rings is 1. The number of nitrogen functional groups attached to an aromatic ring is 1. The second-order valence-electron chi connectivity index (χ2n) is 4.45. The number of imidazole rings is 1. The molecule has 7 heteroatoms. The molecule has 0 aliphatic heterocycles. The van der Waals surface area contributed by atoms with Crippen molar-refractivity contribution in [3.8, 4) is 5.97 Å². The number of hydrogen-bond donors (Lipinski definition) is 1. The van der Waals surface area contributed by atoms with Crippen molar-refractivity contribution in [3.05, 3.63) is 48.5 Å². The van der Waals surface area contributed by atoms with Crippen molar-refractivity contribution >= 4 is 24.4 Å². The summed E-state index contributed by atoms with van der Waals surface area (Å²) >= 11 is 0. The normalized spacial score (nSPS) is 10.3. The van der Waals surface area contributed by atoms with Crippen LogP contribution in [-0.2, 0) is 6.54 Å². The Kier molecular flexibility index (Phi) is 3.05. The molecule has 20 heavy (non-hydrogen) atoms. The van der Waals surface area contributed by atoms with Crippen LogP contribution in [0.1, 0.15) is 5.56 Å². The van der Waals surface area contributed by atoms with Gasteiger partial charge in [0.2, 0.25) is 17.8 Å². The number of nitrogens with zero attached hydrogens (tertiary/aromatic N) is 5. The van der Waals surface area contributed by atoms with Crippen LogP contribution in [0.15, 0.2) is 43.0 Å². The van der Waals surface area contributed by atoms with Crippen LogP contribution in [0.5, 0.6) is 0 Å². The lowest BCUT2D eigenvalue weighted by Gasteiger charge is -2.02. The van der Waals surface area contributed by atoms with Crippen molar-refractivity contribution in [1.82, 2.24) is 14.5 Å². The van der Waals surface area contributed by atoms with Gasteiger partial charge in [0.1, 0.15) is 0 Å². The van der Waals surface area contributed by atoms with Gasteiger partial charge in [0.25, 0.3) is 0 Å². The molecule has 6 nitrogen and oxygen atoms in total. The summed E-state index contributed by atoms with van der Waals surface area (Å²) in [5.74, 6) is 2.51. The van der Waals surface area contributed by atoms with Crippen molar-refractivity contribution in [2.75, 3.05) is 5.73 Å². The summed E-state index contributed by atoms with van der Waals surface area (Å²) < 4.78 is 3.53. The van der Waals surface area contributed by atoms with Crippen LogP contribution in [0.2, 0.25) is 0 Å². The van der Waals surface area contributed by atoms with E-state index >= 15 is 0 Å². The molecule has 0 fully saturated rings. The average Bonchev–Trinajstić information content (AvgIpc) is 2.87. The summed E-state index contributed by atoms with van der Waals surface area (Å²) in [6.07, 6.45) is 3.29. The standard InChI is InChI=1S/C13H11BN6/c15-7-14-20-9-18-13-11(12(20)16)17-8-19(13)6-10-4-2-1-3-5-10/h1-5,8-9,14,16H,6H2/p+1. The minimum atomic E-state index is 0.167. The molecule has 0 bridgehead atoms.